The van der Waals surface area contributed by atoms with Crippen LogP contribution in [-0.2, 0) is 24.3 Å². The van der Waals surface area contributed by atoms with Crippen molar-refractivity contribution in [3.8, 4) is 5.75 Å². The Labute approximate surface area is 173 Å². The van der Waals surface area contributed by atoms with Gasteiger partial charge in [-0.1, -0.05) is 30.3 Å². The molecule has 0 bridgehead atoms. The smallest absolute Gasteiger partial charge is 0.217 e. The van der Waals surface area contributed by atoms with E-state index in [2.05, 4.69) is 47.5 Å². The van der Waals surface area contributed by atoms with Crippen molar-refractivity contribution in [1.82, 2.24) is 10.2 Å². The van der Waals surface area contributed by atoms with E-state index in [1.807, 2.05) is 13.0 Å². The molecule has 0 spiro atoms. The summed E-state index contributed by atoms with van der Waals surface area (Å²) in [5, 5.41) is 2.92. The molecule has 5 heteroatoms. The van der Waals surface area contributed by atoms with Gasteiger partial charge in [0.05, 0.1) is 6.04 Å². The number of fused-ring (bicyclic) bond motifs is 1. The zero-order valence-corrected chi connectivity index (χ0v) is 17.8. The molecule has 2 unspecified atom stereocenters. The predicted octanol–water partition coefficient (Wildman–Crippen LogP) is 4.49. The molecule has 1 amide bonds. The summed E-state index contributed by atoms with van der Waals surface area (Å²) in [6.45, 7) is 10.00. The number of hydrogen-bond acceptors (Lipinski definition) is 3. The molecule has 2 aromatic rings. The molecule has 4 nitrogen and oxygen atoms in total. The van der Waals surface area contributed by atoms with Crippen LogP contribution in [0.5, 0.6) is 5.75 Å². The minimum atomic E-state index is -0.964. The van der Waals surface area contributed by atoms with Crippen LogP contribution in [0.4, 0.5) is 4.39 Å². The van der Waals surface area contributed by atoms with E-state index in [-0.39, 0.29) is 18.6 Å². The Morgan fingerprint density at radius 2 is 1.93 bits per heavy atom. The lowest BCUT2D eigenvalue weighted by Crippen LogP contribution is -2.30. The second-order valence-corrected chi connectivity index (χ2v) is 8.04. The van der Waals surface area contributed by atoms with Gasteiger partial charge in [0.2, 0.25) is 5.91 Å². The normalized spacial score (nSPS) is 16.0. The molecule has 156 valence electrons. The van der Waals surface area contributed by atoms with Crippen LogP contribution >= 0.6 is 0 Å². The fraction of sp³-hybridized carbons (Fsp3) is 0.458. The minimum Gasteiger partial charge on any atom is -0.490 e. The van der Waals surface area contributed by atoms with Crippen molar-refractivity contribution in [1.29, 1.82) is 0 Å². The first-order chi connectivity index (χ1) is 13.8. The number of nitrogens with one attached hydrogen (secondary N) is 1. The fourth-order valence-corrected chi connectivity index (χ4v) is 3.93. The average molecular weight is 399 g/mol. The highest BCUT2D eigenvalue weighted by atomic mass is 19.1. The third-order valence-corrected chi connectivity index (χ3v) is 5.49. The van der Waals surface area contributed by atoms with Crippen molar-refractivity contribution in [2.24, 2.45) is 0 Å². The Hall–Kier alpha value is -2.40. The summed E-state index contributed by atoms with van der Waals surface area (Å²) < 4.78 is 18.7. The van der Waals surface area contributed by atoms with Crippen LogP contribution in [0, 0.1) is 6.92 Å². The highest BCUT2D eigenvalue weighted by molar-refractivity contribution is 5.73. The molecule has 2 atom stereocenters. The van der Waals surface area contributed by atoms with Gasteiger partial charge in [-0.2, -0.15) is 0 Å². The number of halogens is 1. The average Bonchev–Trinajstić information content (AvgIpc) is 2.67. The van der Waals surface area contributed by atoms with E-state index in [1.165, 1.54) is 30.5 Å². The molecular weight excluding hydrogens is 367 g/mol. The monoisotopic (exact) mass is 398 g/mol. The van der Waals surface area contributed by atoms with E-state index >= 15 is 0 Å². The number of nitrogens with zero attached hydrogens (tertiary/aromatic N) is 1. The highest BCUT2D eigenvalue weighted by Crippen LogP contribution is 2.30. The number of rotatable bonds is 7. The van der Waals surface area contributed by atoms with Gasteiger partial charge < -0.3 is 10.1 Å². The number of amides is 1. The summed E-state index contributed by atoms with van der Waals surface area (Å²) in [5.74, 6) is 0.780. The highest BCUT2D eigenvalue weighted by Gasteiger charge is 2.20. The van der Waals surface area contributed by atoms with Crippen molar-refractivity contribution in [3.63, 3.8) is 0 Å². The van der Waals surface area contributed by atoms with Gasteiger partial charge in [0, 0.05) is 26.6 Å². The summed E-state index contributed by atoms with van der Waals surface area (Å²) >= 11 is 0. The standard InChI is InChI=1S/C24H31FN2O2/c1-16(25)15-29-24-10-9-22-14-27(12-11-23(22)17(24)2)13-20-5-7-21(8-6-20)18(3)26-19(4)28/h5-10,16,18H,11-15H2,1-4H3,(H,26,28). The lowest BCUT2D eigenvalue weighted by atomic mass is 9.94. The maximum absolute atomic E-state index is 13.1. The first kappa shape index (κ1) is 21.3. The number of ether oxygens (including phenoxy) is 1. The topological polar surface area (TPSA) is 41.6 Å². The first-order valence-corrected chi connectivity index (χ1v) is 10.3. The Kier molecular flexibility index (Phi) is 6.91. The molecule has 1 aliphatic heterocycles. The van der Waals surface area contributed by atoms with Gasteiger partial charge in [0.1, 0.15) is 18.5 Å². The Morgan fingerprint density at radius 3 is 2.59 bits per heavy atom. The molecule has 0 fully saturated rings. The van der Waals surface area contributed by atoms with Crippen molar-refractivity contribution in [2.45, 2.75) is 59.4 Å². The van der Waals surface area contributed by atoms with Crippen LogP contribution in [0.1, 0.15) is 54.6 Å². The molecule has 1 heterocycles. The van der Waals surface area contributed by atoms with Crippen molar-refractivity contribution in [2.75, 3.05) is 13.2 Å². The van der Waals surface area contributed by atoms with Gasteiger partial charge in [-0.3, -0.25) is 9.69 Å². The zero-order valence-electron chi connectivity index (χ0n) is 17.8. The maximum atomic E-state index is 13.1. The van der Waals surface area contributed by atoms with Crippen LogP contribution in [0.2, 0.25) is 0 Å². The number of alkyl halides is 1. The van der Waals surface area contributed by atoms with Crippen LogP contribution in [-0.4, -0.2) is 30.1 Å². The summed E-state index contributed by atoms with van der Waals surface area (Å²) in [5.41, 5.74) is 6.17. The number of benzene rings is 2. The Balaban J connectivity index is 1.62. The molecule has 1 aliphatic rings. The van der Waals surface area contributed by atoms with Gasteiger partial charge in [0.25, 0.3) is 0 Å². The number of carbonyl (C=O) groups is 1. The lowest BCUT2D eigenvalue weighted by Gasteiger charge is -2.30. The number of carbonyl (C=O) groups excluding carboxylic acids is 1. The Bertz CT molecular complexity index is 849. The van der Waals surface area contributed by atoms with Gasteiger partial charge in [-0.25, -0.2) is 4.39 Å². The third-order valence-electron chi connectivity index (χ3n) is 5.49. The second kappa shape index (κ2) is 9.40. The minimum absolute atomic E-state index is 0.0168. The van der Waals surface area contributed by atoms with E-state index < -0.39 is 6.17 Å². The molecule has 0 saturated carbocycles. The van der Waals surface area contributed by atoms with E-state index in [0.29, 0.717) is 0 Å². The molecule has 0 aromatic heterocycles. The summed E-state index contributed by atoms with van der Waals surface area (Å²) in [4.78, 5) is 13.7. The second-order valence-electron chi connectivity index (χ2n) is 8.04. The van der Waals surface area contributed by atoms with Crippen molar-refractivity contribution < 1.29 is 13.9 Å². The molecule has 2 aromatic carbocycles. The molecule has 0 saturated heterocycles. The van der Waals surface area contributed by atoms with Crippen molar-refractivity contribution in [3.05, 3.63) is 64.2 Å². The predicted molar refractivity (Wildman–Crippen MR) is 114 cm³/mol. The molecule has 0 radical (unpaired) electrons. The van der Waals surface area contributed by atoms with Crippen LogP contribution in [0.25, 0.3) is 0 Å². The number of hydrogen-bond donors (Lipinski definition) is 1. The quantitative estimate of drug-likeness (QED) is 0.747. The van der Waals surface area contributed by atoms with Crippen LogP contribution in [0.3, 0.4) is 0 Å². The maximum Gasteiger partial charge on any atom is 0.217 e. The summed E-state index contributed by atoms with van der Waals surface area (Å²) in [6.07, 6.45) is 0.00909. The zero-order chi connectivity index (χ0) is 21.0. The first-order valence-electron chi connectivity index (χ1n) is 10.3. The van der Waals surface area contributed by atoms with Crippen LogP contribution in [0.15, 0.2) is 36.4 Å². The van der Waals surface area contributed by atoms with Gasteiger partial charge in [0.15, 0.2) is 0 Å². The molecule has 29 heavy (non-hydrogen) atoms. The van der Waals surface area contributed by atoms with Gasteiger partial charge >= 0.3 is 0 Å². The van der Waals surface area contributed by atoms with E-state index in [1.54, 1.807) is 0 Å². The molecule has 0 aliphatic carbocycles. The molecule has 3 rings (SSSR count). The fourth-order valence-electron chi connectivity index (χ4n) is 3.93. The third kappa shape index (κ3) is 5.57. The van der Waals surface area contributed by atoms with E-state index in [9.17, 15) is 9.18 Å². The van der Waals surface area contributed by atoms with E-state index in [4.69, 9.17) is 4.74 Å². The van der Waals surface area contributed by atoms with Gasteiger partial charge in [-0.15, -0.1) is 0 Å². The summed E-state index contributed by atoms with van der Waals surface area (Å²) in [7, 11) is 0. The van der Waals surface area contributed by atoms with Gasteiger partial charge in [-0.05, 0) is 61.1 Å². The Morgan fingerprint density at radius 1 is 1.21 bits per heavy atom. The SMILES string of the molecule is CC(=O)NC(C)c1ccc(CN2CCc3c(ccc(OCC(C)F)c3C)C2)cc1. The molecular formula is C24H31FN2O2. The summed E-state index contributed by atoms with van der Waals surface area (Å²) in [6, 6.07) is 12.6. The van der Waals surface area contributed by atoms with Crippen LogP contribution < -0.4 is 10.1 Å². The van der Waals surface area contributed by atoms with E-state index in [0.717, 1.165) is 42.9 Å². The lowest BCUT2D eigenvalue weighted by molar-refractivity contribution is -0.119. The largest absolute Gasteiger partial charge is 0.490 e. The van der Waals surface area contributed by atoms with Crippen molar-refractivity contribution >= 4 is 5.91 Å². The molecule has 1 N–H and O–H groups in total.